The minimum Gasteiger partial charge on any atom is -0.480 e. The Bertz CT molecular complexity index is 2150. The molecule has 8 atom stereocenters. The number of hydrogen-bond donors (Lipinski definition) is 21. The van der Waals surface area contributed by atoms with Gasteiger partial charge in [0.05, 0.1) is 19.2 Å². The molecule has 0 spiro atoms. The van der Waals surface area contributed by atoms with Crippen LogP contribution in [0.15, 0.2) is 20.0 Å². The molecule has 0 aromatic heterocycles. The summed E-state index contributed by atoms with van der Waals surface area (Å²) in [7, 11) is 0. The smallest absolute Gasteiger partial charge is 0.326 e. The fourth-order valence-corrected chi connectivity index (χ4v) is 7.15. The first kappa shape index (κ1) is 71.7. The molecular weight excluding hydrogens is 1050 g/mol. The van der Waals surface area contributed by atoms with Crippen LogP contribution in [-0.2, 0) is 47.9 Å². The van der Waals surface area contributed by atoms with Crippen molar-refractivity contribution in [1.29, 1.82) is 0 Å². The highest BCUT2D eigenvalue weighted by Crippen LogP contribution is 2.10. The summed E-state index contributed by atoms with van der Waals surface area (Å²) >= 11 is 0. The van der Waals surface area contributed by atoms with Gasteiger partial charge in [0, 0.05) is 32.6 Å². The van der Waals surface area contributed by atoms with Crippen molar-refractivity contribution < 1.29 is 58.2 Å². The lowest BCUT2D eigenvalue weighted by Gasteiger charge is -2.28. The molecule has 9 amide bonds. The second-order valence-corrected chi connectivity index (χ2v) is 18.6. The first-order valence-electron chi connectivity index (χ1n) is 25.8. The number of aliphatic hydroxyl groups excluding tert-OH is 1. The molecule has 0 radical (unpaired) electrons. The normalized spacial score (nSPS) is 13.8. The summed E-state index contributed by atoms with van der Waals surface area (Å²) in [5, 5.41) is 39.5. The maximum atomic E-state index is 14.0. The molecule has 0 saturated heterocycles. The molecule has 0 saturated carbocycles. The summed E-state index contributed by atoms with van der Waals surface area (Å²) in [6.45, 7) is 1.71. The molecule has 35 nitrogen and oxygen atoms in total. The lowest BCUT2D eigenvalue weighted by molar-refractivity contribution is -0.142. The molecule has 0 aliphatic rings. The highest BCUT2D eigenvalue weighted by atomic mass is 16.4. The first-order chi connectivity index (χ1) is 37.6. The topological polar surface area (TPSA) is 643 Å². The molecule has 0 unspecified atom stereocenters. The zero-order valence-corrected chi connectivity index (χ0v) is 45.5. The van der Waals surface area contributed by atoms with Crippen molar-refractivity contribution in [3.63, 3.8) is 0 Å². The van der Waals surface area contributed by atoms with Crippen molar-refractivity contribution in [2.75, 3.05) is 45.9 Å². The van der Waals surface area contributed by atoms with Crippen molar-refractivity contribution in [3.05, 3.63) is 0 Å². The van der Waals surface area contributed by atoms with E-state index in [0.717, 1.165) is 0 Å². The van der Waals surface area contributed by atoms with Crippen LogP contribution >= 0.6 is 0 Å². The number of carboxylic acid groups (broad SMARTS) is 1. The van der Waals surface area contributed by atoms with Crippen LogP contribution in [0.3, 0.4) is 0 Å². The van der Waals surface area contributed by atoms with Gasteiger partial charge in [0.15, 0.2) is 23.8 Å². The summed E-state index contributed by atoms with van der Waals surface area (Å²) in [6, 6.07) is -11.2. The lowest BCUT2D eigenvalue weighted by atomic mass is 10.0. The summed E-state index contributed by atoms with van der Waals surface area (Å²) in [4.78, 5) is 148. The Morgan fingerprint density at radius 3 is 1.19 bits per heavy atom. The van der Waals surface area contributed by atoms with E-state index in [1.807, 2.05) is 0 Å². The van der Waals surface area contributed by atoms with E-state index in [1.54, 1.807) is 0 Å². The predicted octanol–water partition coefficient (Wildman–Crippen LogP) is -9.83. The highest BCUT2D eigenvalue weighted by molar-refractivity contribution is 5.97. The highest BCUT2D eigenvalue weighted by Gasteiger charge is 2.34. The van der Waals surface area contributed by atoms with E-state index >= 15 is 0 Å². The van der Waals surface area contributed by atoms with E-state index in [-0.39, 0.29) is 114 Å². The Morgan fingerprint density at radius 1 is 0.438 bits per heavy atom. The van der Waals surface area contributed by atoms with E-state index in [1.165, 1.54) is 13.8 Å². The average molecular weight is 1140 g/mol. The zero-order chi connectivity index (χ0) is 60.9. The minimum absolute atomic E-state index is 0.00900. The van der Waals surface area contributed by atoms with Crippen molar-refractivity contribution in [3.8, 4) is 0 Å². The van der Waals surface area contributed by atoms with Gasteiger partial charge in [0.2, 0.25) is 53.2 Å². The fraction of sp³-hybridized carbons (Fsp3) is 0.689. The number of aliphatic hydroxyl groups is 1. The molecule has 0 heterocycles. The number of amides is 9. The number of nitrogens with two attached hydrogens (primary N) is 11. The molecule has 0 aromatic carbocycles. The van der Waals surface area contributed by atoms with Gasteiger partial charge in [0.25, 0.3) is 0 Å². The average Bonchev–Trinajstić information content (AvgIpc) is 3.37. The molecule has 35 heteroatoms. The number of rotatable bonds is 42. The minimum atomic E-state index is -1.73. The number of guanidine groups is 4. The third kappa shape index (κ3) is 32.4. The van der Waals surface area contributed by atoms with Crippen LogP contribution in [0.25, 0.3) is 0 Å². The molecular formula is C45H87N23O12. The van der Waals surface area contributed by atoms with Crippen molar-refractivity contribution in [2.24, 2.45) is 89.0 Å². The van der Waals surface area contributed by atoms with Gasteiger partial charge in [-0.3, -0.25) is 63.1 Å². The Morgan fingerprint density at radius 2 is 0.812 bits per heavy atom. The monoisotopic (exact) mass is 1140 g/mol. The van der Waals surface area contributed by atoms with Crippen LogP contribution in [0.1, 0.15) is 97.3 Å². The van der Waals surface area contributed by atoms with E-state index in [2.05, 4.69) is 62.5 Å². The Kier molecular flexibility index (Phi) is 35.8. The summed E-state index contributed by atoms with van der Waals surface area (Å²) in [5.41, 5.74) is 60.1. The van der Waals surface area contributed by atoms with E-state index in [0.29, 0.717) is 19.4 Å². The van der Waals surface area contributed by atoms with Gasteiger partial charge in [-0.05, 0) is 83.1 Å². The number of carbonyl (C=O) groups is 10. The van der Waals surface area contributed by atoms with Crippen molar-refractivity contribution in [2.45, 2.75) is 146 Å². The maximum absolute atomic E-state index is 14.0. The van der Waals surface area contributed by atoms with Crippen LogP contribution in [0.5, 0.6) is 0 Å². The van der Waals surface area contributed by atoms with E-state index in [9.17, 15) is 58.2 Å². The second kappa shape index (κ2) is 39.9. The van der Waals surface area contributed by atoms with Gasteiger partial charge in [-0.25, -0.2) is 4.79 Å². The van der Waals surface area contributed by atoms with Gasteiger partial charge in [-0.15, -0.1) is 0 Å². The van der Waals surface area contributed by atoms with Crippen molar-refractivity contribution in [1.82, 2.24) is 42.5 Å². The van der Waals surface area contributed by atoms with Crippen molar-refractivity contribution >= 4 is 83.0 Å². The summed E-state index contributed by atoms with van der Waals surface area (Å²) in [5.74, 6) is -11.3. The molecule has 454 valence electrons. The van der Waals surface area contributed by atoms with Crippen LogP contribution in [0.2, 0.25) is 0 Å². The summed E-state index contributed by atoms with van der Waals surface area (Å²) in [6.07, 6.45) is 0.819. The number of aliphatic carboxylic acids is 1. The number of primary amides is 1. The summed E-state index contributed by atoms with van der Waals surface area (Å²) < 4.78 is 0. The van der Waals surface area contributed by atoms with Gasteiger partial charge in [0.1, 0.15) is 42.3 Å². The molecule has 0 aromatic rings. The molecule has 32 N–H and O–H groups in total. The fourth-order valence-electron chi connectivity index (χ4n) is 7.15. The van der Waals surface area contributed by atoms with Gasteiger partial charge in [-0.2, -0.15) is 0 Å². The third-order valence-electron chi connectivity index (χ3n) is 11.4. The number of aliphatic imine (C=N–C) groups is 4. The van der Waals surface area contributed by atoms with E-state index < -0.39 is 133 Å². The third-order valence-corrected chi connectivity index (χ3v) is 11.4. The van der Waals surface area contributed by atoms with Crippen LogP contribution in [0, 0.1) is 5.92 Å². The number of carboxylic acids is 1. The number of carbonyl (C=O) groups excluding carboxylic acids is 9. The standard InChI is InChI=1S/C45H87N23O12/c1-23(2)33(40(78)66-27(12-7-19-59-44(53)54)37(75)64-26(11-6-18-58-43(51)52)38(76)67-29(41(79)80)13-8-20-60-45(55)56)68-39(77)30(22-69)62-32(71)21-61-35(73)28(14-15-31(48)70)65-36(74)25(10-5-17-57-42(49)50)63-34(72)24(47)9-3-4-16-46/h23-30,33,69H,3-22,46-47H2,1-2H3,(H2,48,70)(H,61,73)(H,62,71)(H,63,72)(H,64,75)(H,65,74)(H,66,78)(H,67,76)(H,68,77)(H,79,80)(H4,49,50,57)(H4,51,52,58)(H4,53,54,59)(H4,55,56,60)/t24-,25-,26-,27-,28-,29-,30-,33-/m0/s1. The number of nitrogens with one attached hydrogen (secondary N) is 8. The number of unbranched alkanes of at least 4 members (excludes halogenated alkanes) is 1. The molecule has 0 bridgehead atoms. The Balaban J connectivity index is 6.38. The second-order valence-electron chi connectivity index (χ2n) is 18.6. The quantitative estimate of drug-likeness (QED) is 0.0153. The predicted molar refractivity (Wildman–Crippen MR) is 295 cm³/mol. The Hall–Kier alpha value is -8.34. The number of nitrogens with zero attached hydrogens (tertiary/aromatic N) is 4. The Labute approximate surface area is 463 Å². The van der Waals surface area contributed by atoms with E-state index in [4.69, 9.17) is 63.1 Å². The van der Waals surface area contributed by atoms with Crippen LogP contribution in [-0.4, -0.2) is 187 Å². The molecule has 0 aliphatic heterocycles. The molecule has 80 heavy (non-hydrogen) atoms. The largest absolute Gasteiger partial charge is 0.480 e. The number of hydrogen-bond acceptors (Lipinski definition) is 17. The molecule has 0 fully saturated rings. The lowest BCUT2D eigenvalue weighted by Crippen LogP contribution is -2.60. The van der Waals surface area contributed by atoms with Gasteiger partial charge in [-0.1, -0.05) is 20.3 Å². The van der Waals surface area contributed by atoms with Gasteiger partial charge < -0.3 is 116 Å². The van der Waals surface area contributed by atoms with Gasteiger partial charge >= 0.3 is 5.97 Å². The SMILES string of the molecule is CC(C)[C@H](NC(=O)[C@H](CO)NC(=O)CNC(=O)[C@H](CCC(N)=O)NC(=O)[C@H](CCCN=C(N)N)NC(=O)[C@@H](N)CCCCN)C(=O)N[C@@H](CCCN=C(N)N)C(=O)N[C@@H](CCCN=C(N)N)C(=O)N[C@@H](CCCN=C(N)N)C(=O)O. The molecule has 0 aliphatic carbocycles. The van der Waals surface area contributed by atoms with Crippen LogP contribution < -0.4 is 106 Å². The zero-order valence-electron chi connectivity index (χ0n) is 45.5. The first-order valence-corrected chi connectivity index (χ1v) is 25.8. The maximum Gasteiger partial charge on any atom is 0.326 e. The van der Waals surface area contributed by atoms with Crippen LogP contribution in [0.4, 0.5) is 0 Å². The molecule has 0 rings (SSSR count).